The second kappa shape index (κ2) is 5.79. The summed E-state index contributed by atoms with van der Waals surface area (Å²) in [7, 11) is 4.68. The van der Waals surface area contributed by atoms with Crippen LogP contribution in [-0.2, 0) is 0 Å². The number of methoxy groups -OCH3 is 3. The second-order valence-corrected chi connectivity index (χ2v) is 4.25. The highest BCUT2D eigenvalue weighted by Gasteiger charge is 2.16. The Morgan fingerprint density at radius 3 is 2.10 bits per heavy atom. The lowest BCUT2D eigenvalue weighted by Crippen LogP contribution is -2.06. The van der Waals surface area contributed by atoms with Crippen molar-refractivity contribution in [1.29, 1.82) is 0 Å². The zero-order valence-electron chi connectivity index (χ0n) is 11.9. The quantitative estimate of drug-likeness (QED) is 0.861. The number of aromatic nitrogens is 3. The van der Waals surface area contributed by atoms with E-state index in [0.29, 0.717) is 28.9 Å². The van der Waals surface area contributed by atoms with Gasteiger partial charge in [-0.1, -0.05) is 0 Å². The molecule has 0 aliphatic heterocycles. The number of hydrogen-bond donors (Lipinski definition) is 2. The molecule has 108 valence electrons. The van der Waals surface area contributed by atoms with E-state index in [4.69, 9.17) is 19.9 Å². The summed E-state index contributed by atoms with van der Waals surface area (Å²) in [6.45, 7) is 1.83. The first-order valence-electron chi connectivity index (χ1n) is 6.09. The van der Waals surface area contributed by atoms with E-state index in [1.54, 1.807) is 33.5 Å². The number of nitrogens with two attached hydrogens (primary N) is 1. The fourth-order valence-corrected chi connectivity index (χ4v) is 1.82. The SMILES string of the molecule is COc1cc(-c2n[nH]c([C@H](C)N)n2)cc(OC)c1OC. The van der Waals surface area contributed by atoms with Gasteiger partial charge in [0.25, 0.3) is 0 Å². The number of H-pyrrole nitrogens is 1. The molecular weight excluding hydrogens is 260 g/mol. The third-order valence-electron chi connectivity index (χ3n) is 2.86. The zero-order valence-corrected chi connectivity index (χ0v) is 11.9. The lowest BCUT2D eigenvalue weighted by atomic mass is 10.1. The van der Waals surface area contributed by atoms with Crippen LogP contribution in [-0.4, -0.2) is 36.5 Å². The molecule has 0 saturated carbocycles. The normalized spacial score (nSPS) is 12.1. The van der Waals surface area contributed by atoms with Gasteiger partial charge in [0.2, 0.25) is 5.75 Å². The number of nitrogens with one attached hydrogen (secondary N) is 1. The maximum atomic E-state index is 5.76. The molecular formula is C13H18N4O3. The minimum absolute atomic E-state index is 0.210. The van der Waals surface area contributed by atoms with E-state index in [9.17, 15) is 0 Å². The van der Waals surface area contributed by atoms with Crippen molar-refractivity contribution in [1.82, 2.24) is 15.2 Å². The molecule has 1 heterocycles. The summed E-state index contributed by atoms with van der Waals surface area (Å²) in [5, 5.41) is 6.95. The number of rotatable bonds is 5. The van der Waals surface area contributed by atoms with Crippen molar-refractivity contribution in [2.24, 2.45) is 5.73 Å². The summed E-state index contributed by atoms with van der Waals surface area (Å²) in [6.07, 6.45) is 0. The number of ether oxygens (including phenoxy) is 3. The molecule has 7 heteroatoms. The van der Waals surface area contributed by atoms with Gasteiger partial charge in [-0.15, -0.1) is 0 Å². The predicted octanol–water partition coefficient (Wildman–Crippen LogP) is 1.52. The number of benzene rings is 1. The standard InChI is InChI=1S/C13H18N4O3/c1-7(14)12-15-13(17-16-12)8-5-9(18-2)11(20-4)10(6-8)19-3/h5-7H,14H2,1-4H3,(H,15,16,17)/t7-/m0/s1. The van der Waals surface area contributed by atoms with E-state index < -0.39 is 0 Å². The zero-order chi connectivity index (χ0) is 14.7. The molecule has 0 aliphatic rings. The topological polar surface area (TPSA) is 95.3 Å². The van der Waals surface area contributed by atoms with Gasteiger partial charge < -0.3 is 19.9 Å². The van der Waals surface area contributed by atoms with E-state index in [2.05, 4.69) is 15.2 Å². The van der Waals surface area contributed by atoms with Crippen LogP contribution in [0.15, 0.2) is 12.1 Å². The van der Waals surface area contributed by atoms with E-state index in [1.807, 2.05) is 6.92 Å². The van der Waals surface area contributed by atoms with E-state index in [-0.39, 0.29) is 6.04 Å². The van der Waals surface area contributed by atoms with Crippen LogP contribution in [0.2, 0.25) is 0 Å². The third kappa shape index (κ3) is 2.53. The Labute approximate surface area is 117 Å². The lowest BCUT2D eigenvalue weighted by molar-refractivity contribution is 0.324. The highest BCUT2D eigenvalue weighted by atomic mass is 16.5. The smallest absolute Gasteiger partial charge is 0.203 e. The summed E-state index contributed by atoms with van der Waals surface area (Å²) in [6, 6.07) is 3.36. The van der Waals surface area contributed by atoms with Crippen molar-refractivity contribution in [2.45, 2.75) is 13.0 Å². The molecule has 1 aromatic carbocycles. The van der Waals surface area contributed by atoms with E-state index >= 15 is 0 Å². The molecule has 0 radical (unpaired) electrons. The molecule has 2 aromatic rings. The van der Waals surface area contributed by atoms with Gasteiger partial charge >= 0.3 is 0 Å². The van der Waals surface area contributed by atoms with Crippen molar-refractivity contribution < 1.29 is 14.2 Å². The van der Waals surface area contributed by atoms with Crippen LogP contribution in [0, 0.1) is 0 Å². The molecule has 0 amide bonds. The van der Waals surface area contributed by atoms with Crippen molar-refractivity contribution in [2.75, 3.05) is 21.3 Å². The van der Waals surface area contributed by atoms with E-state index in [0.717, 1.165) is 5.56 Å². The van der Waals surface area contributed by atoms with Crippen molar-refractivity contribution in [3.05, 3.63) is 18.0 Å². The largest absolute Gasteiger partial charge is 0.493 e. The Morgan fingerprint density at radius 1 is 1.10 bits per heavy atom. The Morgan fingerprint density at radius 2 is 1.70 bits per heavy atom. The average molecular weight is 278 g/mol. The molecule has 1 atom stereocenters. The molecule has 0 fully saturated rings. The first-order chi connectivity index (χ1) is 9.60. The van der Waals surface area contributed by atoms with Gasteiger partial charge in [0.05, 0.1) is 27.4 Å². The molecule has 0 aliphatic carbocycles. The number of nitrogens with zero attached hydrogens (tertiary/aromatic N) is 2. The Balaban J connectivity index is 2.50. The summed E-state index contributed by atoms with van der Waals surface area (Å²) in [4.78, 5) is 4.34. The van der Waals surface area contributed by atoms with Gasteiger partial charge in [-0.25, -0.2) is 4.98 Å². The van der Waals surface area contributed by atoms with E-state index in [1.165, 1.54) is 0 Å². The van der Waals surface area contributed by atoms with Crippen molar-refractivity contribution >= 4 is 0 Å². The predicted molar refractivity (Wildman–Crippen MR) is 74.1 cm³/mol. The molecule has 2 rings (SSSR count). The molecule has 1 aromatic heterocycles. The van der Waals surface area contributed by atoms with Crippen LogP contribution in [0.1, 0.15) is 18.8 Å². The van der Waals surface area contributed by atoms with Crippen LogP contribution in [0.4, 0.5) is 0 Å². The van der Waals surface area contributed by atoms with Crippen LogP contribution in [0.25, 0.3) is 11.4 Å². The maximum absolute atomic E-state index is 5.76. The first-order valence-corrected chi connectivity index (χ1v) is 6.09. The minimum Gasteiger partial charge on any atom is -0.493 e. The second-order valence-electron chi connectivity index (χ2n) is 4.25. The molecule has 0 saturated heterocycles. The summed E-state index contributed by atoms with van der Waals surface area (Å²) in [5.74, 6) is 2.77. The van der Waals surface area contributed by atoms with Gasteiger partial charge in [-0.2, -0.15) is 5.10 Å². The van der Waals surface area contributed by atoms with Crippen LogP contribution >= 0.6 is 0 Å². The summed E-state index contributed by atoms with van der Waals surface area (Å²) in [5.41, 5.74) is 6.51. The molecule has 0 spiro atoms. The highest BCUT2D eigenvalue weighted by molar-refractivity contribution is 5.66. The van der Waals surface area contributed by atoms with Crippen LogP contribution < -0.4 is 19.9 Å². The highest BCUT2D eigenvalue weighted by Crippen LogP contribution is 2.40. The number of hydrogen-bond acceptors (Lipinski definition) is 6. The molecule has 0 bridgehead atoms. The monoisotopic (exact) mass is 278 g/mol. The van der Waals surface area contributed by atoms with Gasteiger partial charge in [-0.05, 0) is 19.1 Å². The van der Waals surface area contributed by atoms with Crippen LogP contribution in [0.3, 0.4) is 0 Å². The van der Waals surface area contributed by atoms with Gasteiger partial charge in [0.15, 0.2) is 17.3 Å². The van der Waals surface area contributed by atoms with Crippen LogP contribution in [0.5, 0.6) is 17.2 Å². The third-order valence-corrected chi connectivity index (χ3v) is 2.86. The fraction of sp³-hybridized carbons (Fsp3) is 0.385. The Bertz CT molecular complexity index is 570. The van der Waals surface area contributed by atoms with Crippen molar-refractivity contribution in [3.8, 4) is 28.6 Å². The molecule has 20 heavy (non-hydrogen) atoms. The Kier molecular flexibility index (Phi) is 4.09. The van der Waals surface area contributed by atoms with Crippen molar-refractivity contribution in [3.63, 3.8) is 0 Å². The summed E-state index contributed by atoms with van der Waals surface area (Å²) >= 11 is 0. The van der Waals surface area contributed by atoms with Gasteiger partial charge in [0.1, 0.15) is 5.82 Å². The van der Waals surface area contributed by atoms with Gasteiger partial charge in [-0.3, -0.25) is 5.10 Å². The summed E-state index contributed by atoms with van der Waals surface area (Å²) < 4.78 is 15.9. The first kappa shape index (κ1) is 14.1. The maximum Gasteiger partial charge on any atom is 0.203 e. The lowest BCUT2D eigenvalue weighted by Gasteiger charge is -2.12. The van der Waals surface area contributed by atoms with Gasteiger partial charge in [0, 0.05) is 5.56 Å². The molecule has 0 unspecified atom stereocenters. The average Bonchev–Trinajstić information content (AvgIpc) is 2.95. The number of aromatic amines is 1. The molecule has 3 N–H and O–H groups in total. The Hall–Kier alpha value is -2.28. The fourth-order valence-electron chi connectivity index (χ4n) is 1.82. The minimum atomic E-state index is -0.210. The molecule has 7 nitrogen and oxygen atoms in total.